The lowest BCUT2D eigenvalue weighted by atomic mass is 9.45. The summed E-state index contributed by atoms with van der Waals surface area (Å²) in [7, 11) is 0. The van der Waals surface area contributed by atoms with Gasteiger partial charge in [0.2, 0.25) is 0 Å². The van der Waals surface area contributed by atoms with Crippen LogP contribution in [0.25, 0.3) is 0 Å². The second-order valence-corrected chi connectivity index (χ2v) is 11.8. The van der Waals surface area contributed by atoms with E-state index in [9.17, 15) is 9.59 Å². The zero-order chi connectivity index (χ0) is 21.1. The number of nitrogens with zero attached hydrogens (tertiary/aromatic N) is 1. The number of carbonyl (C=O) groups excluding carboxylic acids is 2. The highest BCUT2D eigenvalue weighted by Crippen LogP contribution is 2.65. The molecule has 4 saturated carbocycles. The van der Waals surface area contributed by atoms with E-state index >= 15 is 0 Å². The van der Waals surface area contributed by atoms with E-state index in [0.717, 1.165) is 44.7 Å². The van der Waals surface area contributed by atoms with Gasteiger partial charge < -0.3 is 4.74 Å². The van der Waals surface area contributed by atoms with Crippen molar-refractivity contribution in [2.75, 3.05) is 13.1 Å². The van der Waals surface area contributed by atoms with Crippen LogP contribution >= 0.6 is 0 Å². The lowest BCUT2D eigenvalue weighted by Crippen LogP contribution is -2.54. The van der Waals surface area contributed by atoms with E-state index in [4.69, 9.17) is 4.74 Å². The van der Waals surface area contributed by atoms with Crippen molar-refractivity contribution in [3.8, 4) is 0 Å². The number of rotatable bonds is 2. The van der Waals surface area contributed by atoms with Crippen LogP contribution in [0.3, 0.4) is 0 Å². The summed E-state index contributed by atoms with van der Waals surface area (Å²) in [6.45, 7) is 8.67. The molecule has 0 aromatic heterocycles. The Morgan fingerprint density at radius 3 is 2.47 bits per heavy atom. The van der Waals surface area contributed by atoms with Gasteiger partial charge in [0.25, 0.3) is 0 Å². The van der Waals surface area contributed by atoms with Crippen LogP contribution in [-0.4, -0.2) is 41.9 Å². The number of fused-ring (bicyclic) bond motifs is 5. The molecule has 4 nitrogen and oxygen atoms in total. The average Bonchev–Trinajstić information content (AvgIpc) is 3.00. The van der Waals surface area contributed by atoms with E-state index < -0.39 is 0 Å². The van der Waals surface area contributed by atoms with Gasteiger partial charge in [-0.25, -0.2) is 0 Å². The van der Waals surface area contributed by atoms with E-state index in [2.05, 4.69) is 18.7 Å². The van der Waals surface area contributed by atoms with Gasteiger partial charge in [0.1, 0.15) is 6.10 Å². The zero-order valence-electron chi connectivity index (χ0n) is 19.3. The minimum absolute atomic E-state index is 0.0819. The Bertz CT molecular complexity index is 700. The maximum atomic E-state index is 13.7. The van der Waals surface area contributed by atoms with Crippen molar-refractivity contribution in [2.45, 2.75) is 104 Å². The summed E-state index contributed by atoms with van der Waals surface area (Å²) in [5, 5.41) is 0. The summed E-state index contributed by atoms with van der Waals surface area (Å²) >= 11 is 0. The highest BCUT2D eigenvalue weighted by molar-refractivity contribution is 5.92. The van der Waals surface area contributed by atoms with Crippen LogP contribution in [-0.2, 0) is 14.3 Å². The summed E-state index contributed by atoms with van der Waals surface area (Å²) in [6, 6.07) is 0.198. The minimum atomic E-state index is -0.126. The van der Waals surface area contributed by atoms with Crippen molar-refractivity contribution in [3.05, 3.63) is 0 Å². The van der Waals surface area contributed by atoms with Crippen LogP contribution in [0.2, 0.25) is 0 Å². The zero-order valence-corrected chi connectivity index (χ0v) is 19.3. The van der Waals surface area contributed by atoms with E-state index in [1.807, 2.05) is 0 Å². The molecule has 0 unspecified atom stereocenters. The molecule has 5 aliphatic rings. The van der Waals surface area contributed by atoms with Crippen molar-refractivity contribution in [1.29, 1.82) is 0 Å². The van der Waals surface area contributed by atoms with Crippen LogP contribution in [0.4, 0.5) is 0 Å². The number of esters is 1. The summed E-state index contributed by atoms with van der Waals surface area (Å²) < 4.78 is 5.61. The van der Waals surface area contributed by atoms with Gasteiger partial charge in [-0.2, -0.15) is 0 Å². The van der Waals surface area contributed by atoms with Gasteiger partial charge in [-0.3, -0.25) is 14.5 Å². The number of piperidine rings is 1. The first-order chi connectivity index (χ1) is 14.3. The number of hydrogen-bond donors (Lipinski definition) is 0. The van der Waals surface area contributed by atoms with Crippen molar-refractivity contribution in [2.24, 2.45) is 34.5 Å². The predicted octanol–water partition coefficient (Wildman–Crippen LogP) is 4.99. The number of hydrogen-bond acceptors (Lipinski definition) is 4. The smallest absolute Gasteiger partial charge is 0.302 e. The molecule has 4 heteroatoms. The summed E-state index contributed by atoms with van der Waals surface area (Å²) in [5.74, 6) is 3.18. The topological polar surface area (TPSA) is 46.6 Å². The van der Waals surface area contributed by atoms with Gasteiger partial charge in [0.15, 0.2) is 5.78 Å². The first kappa shape index (κ1) is 21.0. The maximum Gasteiger partial charge on any atom is 0.302 e. The molecule has 1 saturated heterocycles. The van der Waals surface area contributed by atoms with Crippen LogP contribution in [0, 0.1) is 34.5 Å². The lowest BCUT2D eigenvalue weighted by molar-refractivity contribution is -0.160. The van der Waals surface area contributed by atoms with E-state index in [1.54, 1.807) is 6.92 Å². The van der Waals surface area contributed by atoms with Gasteiger partial charge in [0.05, 0.1) is 6.04 Å². The molecule has 0 spiro atoms. The fourth-order valence-electron chi connectivity index (χ4n) is 8.89. The van der Waals surface area contributed by atoms with E-state index in [-0.39, 0.29) is 23.5 Å². The largest absolute Gasteiger partial charge is 0.463 e. The molecule has 4 aliphatic carbocycles. The molecular weight excluding hydrogens is 374 g/mol. The standard InChI is InChI=1S/C26H41NO3/c1-17(28)30-19-9-11-25(2)18(15-19)7-8-20-21(25)10-12-26(3)22(20)16-23(24(26)29)27-13-5-4-6-14-27/h18-23H,4-16H2,1-3H3/t18-,19-,20-,21-,22+,23-,25-,26-/m0/s1. The third-order valence-corrected chi connectivity index (χ3v) is 10.5. The summed E-state index contributed by atoms with van der Waals surface area (Å²) in [5.41, 5.74) is 0.286. The molecule has 30 heavy (non-hydrogen) atoms. The number of ether oxygens (including phenoxy) is 1. The molecule has 1 aliphatic heterocycles. The molecule has 168 valence electrons. The van der Waals surface area contributed by atoms with Crippen molar-refractivity contribution in [3.63, 3.8) is 0 Å². The second kappa shape index (κ2) is 7.60. The third kappa shape index (κ3) is 3.19. The minimum Gasteiger partial charge on any atom is -0.463 e. The number of Topliss-reactive ketones (excluding diaryl/α,β-unsaturated/α-hetero) is 1. The molecule has 0 radical (unpaired) electrons. The third-order valence-electron chi connectivity index (χ3n) is 10.5. The molecular formula is C26H41NO3. The molecule has 0 bridgehead atoms. The van der Waals surface area contributed by atoms with Crippen LogP contribution in [0.1, 0.15) is 91.4 Å². The SMILES string of the molecule is CC(=O)O[C@H]1CC[C@@]2(C)[C@@H](CC[C@@H]3[C@H]4C[C@H](N5CCCCC5)C(=O)[C@@]4(C)CC[C@@H]32)C1. The van der Waals surface area contributed by atoms with Gasteiger partial charge in [-0.15, -0.1) is 0 Å². The van der Waals surface area contributed by atoms with Gasteiger partial charge in [0, 0.05) is 12.3 Å². The predicted molar refractivity (Wildman–Crippen MR) is 117 cm³/mol. The Hall–Kier alpha value is -0.900. The summed E-state index contributed by atoms with van der Waals surface area (Å²) in [6.07, 6.45) is 13.2. The maximum absolute atomic E-state index is 13.7. The van der Waals surface area contributed by atoms with E-state index in [0.29, 0.717) is 29.0 Å². The van der Waals surface area contributed by atoms with Gasteiger partial charge in [-0.1, -0.05) is 20.3 Å². The molecule has 5 rings (SSSR count). The van der Waals surface area contributed by atoms with Crippen LogP contribution in [0.5, 0.6) is 0 Å². The molecule has 0 aromatic rings. The van der Waals surface area contributed by atoms with E-state index in [1.165, 1.54) is 44.9 Å². The number of carbonyl (C=O) groups is 2. The lowest BCUT2D eigenvalue weighted by Gasteiger charge is -2.60. The number of likely N-dealkylation sites (tertiary alicyclic amines) is 1. The molecule has 0 aromatic carbocycles. The Balaban J connectivity index is 1.35. The Labute approximate surface area is 182 Å². The Morgan fingerprint density at radius 2 is 1.73 bits per heavy atom. The molecule has 5 fully saturated rings. The van der Waals surface area contributed by atoms with Gasteiger partial charge >= 0.3 is 5.97 Å². The first-order valence-electron chi connectivity index (χ1n) is 12.8. The number of ketones is 1. The van der Waals surface area contributed by atoms with Gasteiger partial charge in [-0.05, 0) is 106 Å². The first-order valence-corrected chi connectivity index (χ1v) is 12.8. The van der Waals surface area contributed by atoms with Crippen molar-refractivity contribution in [1.82, 2.24) is 4.90 Å². The second-order valence-electron chi connectivity index (χ2n) is 11.8. The highest BCUT2D eigenvalue weighted by Gasteiger charge is 2.63. The monoisotopic (exact) mass is 415 g/mol. The Kier molecular flexibility index (Phi) is 5.31. The van der Waals surface area contributed by atoms with Crippen molar-refractivity contribution >= 4 is 11.8 Å². The molecule has 0 N–H and O–H groups in total. The molecule has 8 atom stereocenters. The fraction of sp³-hybridized carbons (Fsp3) is 0.923. The Morgan fingerprint density at radius 1 is 0.967 bits per heavy atom. The van der Waals surface area contributed by atoms with Crippen molar-refractivity contribution < 1.29 is 14.3 Å². The molecule has 1 heterocycles. The quantitative estimate of drug-likeness (QED) is 0.596. The fourth-order valence-corrected chi connectivity index (χ4v) is 8.89. The van der Waals surface area contributed by atoms with Crippen LogP contribution in [0.15, 0.2) is 0 Å². The average molecular weight is 416 g/mol. The van der Waals surface area contributed by atoms with Crippen LogP contribution < -0.4 is 0 Å². The normalized spacial score (nSPS) is 49.1. The molecule has 0 amide bonds. The highest BCUT2D eigenvalue weighted by atomic mass is 16.5. The summed E-state index contributed by atoms with van der Waals surface area (Å²) in [4.78, 5) is 27.7.